The molecule has 2 heteroatoms. The van der Waals surface area contributed by atoms with E-state index < -0.39 is 11.2 Å². The summed E-state index contributed by atoms with van der Waals surface area (Å²) in [5.41, 5.74) is -1.77. The number of rotatable bonds is 0. The van der Waals surface area contributed by atoms with Gasteiger partial charge in [0.2, 0.25) is 0 Å². The summed E-state index contributed by atoms with van der Waals surface area (Å²) in [6, 6.07) is 0. The molecule has 0 amide bonds. The van der Waals surface area contributed by atoms with Crippen LogP contribution in [-0.4, -0.2) is 21.4 Å². The van der Waals surface area contributed by atoms with Gasteiger partial charge in [-0.25, -0.2) is 0 Å². The van der Waals surface area contributed by atoms with E-state index in [0.717, 1.165) is 32.1 Å². The minimum atomic E-state index is -0.885. The molecule has 0 aromatic heterocycles. The van der Waals surface area contributed by atoms with Gasteiger partial charge in [-0.05, 0) is 26.7 Å². The quantitative estimate of drug-likeness (QED) is 0.524. The summed E-state index contributed by atoms with van der Waals surface area (Å²) >= 11 is 0. The summed E-state index contributed by atoms with van der Waals surface area (Å²) < 4.78 is 0. The highest BCUT2D eigenvalue weighted by Crippen LogP contribution is 2.34. The van der Waals surface area contributed by atoms with Crippen LogP contribution in [0.5, 0.6) is 0 Å². The predicted octanol–water partition coefficient (Wildman–Crippen LogP) is 1.45. The van der Waals surface area contributed by atoms with Gasteiger partial charge < -0.3 is 10.2 Å². The molecule has 1 fully saturated rings. The molecule has 0 saturated heterocycles. The summed E-state index contributed by atoms with van der Waals surface area (Å²) in [6.45, 7) is 3.47. The Kier molecular flexibility index (Phi) is 2.26. The predicted molar refractivity (Wildman–Crippen MR) is 44.3 cm³/mol. The minimum Gasteiger partial charge on any atom is -0.387 e. The molecule has 1 aliphatic rings. The summed E-state index contributed by atoms with van der Waals surface area (Å²) in [4.78, 5) is 0. The molecule has 2 N–H and O–H groups in total. The normalized spacial score (nSPS) is 46.9. The van der Waals surface area contributed by atoms with E-state index in [4.69, 9.17) is 0 Å². The van der Waals surface area contributed by atoms with Crippen LogP contribution in [0, 0.1) is 0 Å². The summed E-state index contributed by atoms with van der Waals surface area (Å²) in [5, 5.41) is 19.7. The maximum Gasteiger partial charge on any atom is 0.0902 e. The monoisotopic (exact) mass is 158 g/mol. The van der Waals surface area contributed by atoms with Crippen LogP contribution in [0.25, 0.3) is 0 Å². The highest BCUT2D eigenvalue weighted by Gasteiger charge is 2.41. The topological polar surface area (TPSA) is 40.5 Å². The molecular formula is C9H18O2. The summed E-state index contributed by atoms with van der Waals surface area (Å²) in [5.74, 6) is 0. The molecule has 1 rings (SSSR count). The zero-order valence-electron chi connectivity index (χ0n) is 7.43. The van der Waals surface area contributed by atoms with E-state index in [1.807, 2.05) is 0 Å². The maximum absolute atomic E-state index is 9.83. The van der Waals surface area contributed by atoms with Gasteiger partial charge in [-0.15, -0.1) is 0 Å². The molecule has 0 radical (unpaired) electrons. The molecule has 1 aliphatic carbocycles. The largest absolute Gasteiger partial charge is 0.387 e. The van der Waals surface area contributed by atoms with Crippen LogP contribution in [-0.2, 0) is 0 Å². The highest BCUT2D eigenvalue weighted by atomic mass is 16.4. The van der Waals surface area contributed by atoms with Crippen LogP contribution >= 0.6 is 0 Å². The molecule has 2 unspecified atom stereocenters. The maximum atomic E-state index is 9.83. The third-order valence-corrected chi connectivity index (χ3v) is 2.99. The van der Waals surface area contributed by atoms with Gasteiger partial charge in [0.1, 0.15) is 0 Å². The van der Waals surface area contributed by atoms with Gasteiger partial charge in [0.25, 0.3) is 0 Å². The van der Waals surface area contributed by atoms with E-state index >= 15 is 0 Å². The van der Waals surface area contributed by atoms with Crippen molar-refractivity contribution >= 4 is 0 Å². The third kappa shape index (κ3) is 1.74. The average molecular weight is 158 g/mol. The Bertz CT molecular complexity index is 122. The van der Waals surface area contributed by atoms with Gasteiger partial charge in [-0.2, -0.15) is 0 Å². The van der Waals surface area contributed by atoms with Crippen LogP contribution in [0.4, 0.5) is 0 Å². The summed E-state index contributed by atoms with van der Waals surface area (Å²) in [6.07, 6.45) is 4.64. The Morgan fingerprint density at radius 1 is 0.818 bits per heavy atom. The molecule has 2 nitrogen and oxygen atoms in total. The van der Waals surface area contributed by atoms with Gasteiger partial charge >= 0.3 is 0 Å². The second-order valence-corrected chi connectivity index (χ2v) is 4.11. The van der Waals surface area contributed by atoms with Crippen molar-refractivity contribution in [3.8, 4) is 0 Å². The van der Waals surface area contributed by atoms with Gasteiger partial charge in [0, 0.05) is 0 Å². The molecule has 2 atom stereocenters. The SMILES string of the molecule is CC1(O)CCCCCC1(C)O. The first kappa shape index (κ1) is 9.01. The standard InChI is InChI=1S/C9H18O2/c1-8(10)6-4-3-5-7-9(8,2)11/h10-11H,3-7H2,1-2H3. The fourth-order valence-corrected chi connectivity index (χ4v) is 1.65. The van der Waals surface area contributed by atoms with Crippen molar-refractivity contribution in [2.24, 2.45) is 0 Å². The van der Waals surface area contributed by atoms with Crippen LogP contribution in [0.3, 0.4) is 0 Å². The van der Waals surface area contributed by atoms with Crippen molar-refractivity contribution in [2.75, 3.05) is 0 Å². The highest BCUT2D eigenvalue weighted by molar-refractivity contribution is 4.94. The second kappa shape index (κ2) is 2.76. The first-order chi connectivity index (χ1) is 4.96. The first-order valence-corrected chi connectivity index (χ1v) is 4.40. The van der Waals surface area contributed by atoms with E-state index in [2.05, 4.69) is 0 Å². The first-order valence-electron chi connectivity index (χ1n) is 4.40. The Balaban J connectivity index is 2.72. The van der Waals surface area contributed by atoms with Crippen molar-refractivity contribution < 1.29 is 10.2 Å². The van der Waals surface area contributed by atoms with Gasteiger partial charge in [0.15, 0.2) is 0 Å². The van der Waals surface area contributed by atoms with Crippen molar-refractivity contribution in [3.05, 3.63) is 0 Å². The lowest BCUT2D eigenvalue weighted by Crippen LogP contribution is -2.48. The van der Waals surface area contributed by atoms with E-state index in [1.54, 1.807) is 13.8 Å². The van der Waals surface area contributed by atoms with E-state index in [9.17, 15) is 10.2 Å². The molecule has 0 aliphatic heterocycles. The molecule has 0 aromatic rings. The Labute approximate surface area is 68.2 Å². The Morgan fingerprint density at radius 3 is 1.55 bits per heavy atom. The van der Waals surface area contributed by atoms with Crippen molar-refractivity contribution in [1.82, 2.24) is 0 Å². The second-order valence-electron chi connectivity index (χ2n) is 4.11. The molecule has 66 valence electrons. The molecule has 11 heavy (non-hydrogen) atoms. The smallest absolute Gasteiger partial charge is 0.0902 e. The molecular weight excluding hydrogens is 140 g/mol. The van der Waals surface area contributed by atoms with Crippen molar-refractivity contribution in [1.29, 1.82) is 0 Å². The van der Waals surface area contributed by atoms with Gasteiger partial charge in [0.05, 0.1) is 11.2 Å². The molecule has 0 heterocycles. The molecule has 1 saturated carbocycles. The number of hydrogen-bond donors (Lipinski definition) is 2. The fraction of sp³-hybridized carbons (Fsp3) is 1.00. The van der Waals surface area contributed by atoms with Crippen LogP contribution in [0.2, 0.25) is 0 Å². The van der Waals surface area contributed by atoms with Crippen LogP contribution in [0.1, 0.15) is 46.0 Å². The lowest BCUT2D eigenvalue weighted by atomic mass is 9.82. The van der Waals surface area contributed by atoms with Crippen LogP contribution < -0.4 is 0 Å². The number of hydrogen-bond acceptors (Lipinski definition) is 2. The van der Waals surface area contributed by atoms with E-state index in [0.29, 0.717) is 0 Å². The lowest BCUT2D eigenvalue weighted by Gasteiger charge is -2.37. The van der Waals surface area contributed by atoms with Crippen molar-refractivity contribution in [2.45, 2.75) is 57.2 Å². The van der Waals surface area contributed by atoms with Gasteiger partial charge in [-0.1, -0.05) is 19.3 Å². The molecule has 0 bridgehead atoms. The average Bonchev–Trinajstić information content (AvgIpc) is 1.94. The fourth-order valence-electron chi connectivity index (χ4n) is 1.65. The van der Waals surface area contributed by atoms with E-state index in [-0.39, 0.29) is 0 Å². The zero-order valence-corrected chi connectivity index (χ0v) is 7.43. The van der Waals surface area contributed by atoms with E-state index in [1.165, 1.54) is 0 Å². The Morgan fingerprint density at radius 2 is 1.18 bits per heavy atom. The third-order valence-electron chi connectivity index (χ3n) is 2.99. The Hall–Kier alpha value is -0.0800. The molecule has 0 spiro atoms. The number of aliphatic hydroxyl groups is 2. The van der Waals surface area contributed by atoms with Crippen LogP contribution in [0.15, 0.2) is 0 Å². The zero-order chi connectivity index (χ0) is 8.54. The summed E-state index contributed by atoms with van der Waals surface area (Å²) in [7, 11) is 0. The molecule has 0 aromatic carbocycles. The van der Waals surface area contributed by atoms with Crippen molar-refractivity contribution in [3.63, 3.8) is 0 Å². The van der Waals surface area contributed by atoms with Gasteiger partial charge in [-0.3, -0.25) is 0 Å². The lowest BCUT2D eigenvalue weighted by molar-refractivity contribution is -0.133. The minimum absolute atomic E-state index is 0.722.